The number of sulfonamides is 1. The first-order valence-electron chi connectivity index (χ1n) is 6.42. The van der Waals surface area contributed by atoms with Gasteiger partial charge in [0.05, 0.1) is 28.7 Å². The van der Waals surface area contributed by atoms with Crippen LogP contribution < -0.4 is 15.8 Å². The van der Waals surface area contributed by atoms with Gasteiger partial charge in [0.1, 0.15) is 0 Å². The summed E-state index contributed by atoms with van der Waals surface area (Å²) in [5.41, 5.74) is 6.42. The molecule has 6 nitrogen and oxygen atoms in total. The zero-order chi connectivity index (χ0) is 16.2. The third-order valence-corrected chi connectivity index (χ3v) is 3.53. The quantitative estimate of drug-likeness (QED) is 0.741. The lowest BCUT2D eigenvalue weighted by atomic mass is 10.0. The molecule has 0 aliphatic rings. The van der Waals surface area contributed by atoms with E-state index in [1.807, 2.05) is 13.8 Å². The van der Waals surface area contributed by atoms with Gasteiger partial charge in [-0.1, -0.05) is 25.4 Å². The molecule has 0 aromatic heterocycles. The van der Waals surface area contributed by atoms with E-state index in [1.165, 1.54) is 18.2 Å². The topological polar surface area (TPSA) is 101 Å². The van der Waals surface area contributed by atoms with Gasteiger partial charge in [-0.25, -0.2) is 8.42 Å². The van der Waals surface area contributed by atoms with Gasteiger partial charge in [-0.3, -0.25) is 9.52 Å². The van der Waals surface area contributed by atoms with Crippen LogP contribution in [0, 0.1) is 5.92 Å². The van der Waals surface area contributed by atoms with Crippen molar-refractivity contribution in [2.75, 3.05) is 16.3 Å². The van der Waals surface area contributed by atoms with Gasteiger partial charge in [0.2, 0.25) is 15.9 Å². The zero-order valence-corrected chi connectivity index (χ0v) is 13.8. The minimum Gasteiger partial charge on any atom is -0.323 e. The summed E-state index contributed by atoms with van der Waals surface area (Å²) in [7, 11) is -3.40. The van der Waals surface area contributed by atoms with E-state index in [0.29, 0.717) is 28.7 Å². The summed E-state index contributed by atoms with van der Waals surface area (Å²) >= 11 is 5.99. The number of hydrogen-bond acceptors (Lipinski definition) is 4. The summed E-state index contributed by atoms with van der Waals surface area (Å²) in [6.07, 6.45) is 1.59. The van der Waals surface area contributed by atoms with Crippen molar-refractivity contribution in [1.29, 1.82) is 0 Å². The number of nitrogens with one attached hydrogen (secondary N) is 2. The Kier molecular flexibility index (Phi) is 6.00. The van der Waals surface area contributed by atoms with Gasteiger partial charge in [-0.2, -0.15) is 0 Å². The molecular formula is C13H20ClN3O3S. The summed E-state index contributed by atoms with van der Waals surface area (Å²) < 4.78 is 24.7. The lowest BCUT2D eigenvalue weighted by Gasteiger charge is -2.15. The van der Waals surface area contributed by atoms with Crippen molar-refractivity contribution in [1.82, 2.24) is 0 Å². The lowest BCUT2D eigenvalue weighted by Crippen LogP contribution is -2.36. The lowest BCUT2D eigenvalue weighted by molar-refractivity contribution is -0.117. The molecule has 1 aromatic carbocycles. The van der Waals surface area contributed by atoms with Crippen molar-refractivity contribution < 1.29 is 13.2 Å². The van der Waals surface area contributed by atoms with Crippen LogP contribution in [-0.2, 0) is 14.8 Å². The summed E-state index contributed by atoms with van der Waals surface area (Å²) in [6.45, 7) is 3.94. The molecule has 1 rings (SSSR count). The average Bonchev–Trinajstić information content (AvgIpc) is 2.30. The maximum absolute atomic E-state index is 12.0. The van der Waals surface area contributed by atoms with Gasteiger partial charge in [0.15, 0.2) is 0 Å². The number of hydrogen-bond donors (Lipinski definition) is 3. The third-order valence-electron chi connectivity index (χ3n) is 2.59. The molecule has 8 heteroatoms. The van der Waals surface area contributed by atoms with Crippen molar-refractivity contribution in [3.8, 4) is 0 Å². The maximum atomic E-state index is 12.0. The van der Waals surface area contributed by atoms with Crippen LogP contribution in [0.3, 0.4) is 0 Å². The normalized spacial score (nSPS) is 13.0. The van der Waals surface area contributed by atoms with Crippen LogP contribution in [0.2, 0.25) is 5.02 Å². The number of halogens is 1. The van der Waals surface area contributed by atoms with E-state index in [1.54, 1.807) is 0 Å². The van der Waals surface area contributed by atoms with Crippen LogP contribution in [-0.4, -0.2) is 26.6 Å². The number of anilines is 2. The number of amides is 1. The maximum Gasteiger partial charge on any atom is 0.241 e. The van der Waals surface area contributed by atoms with E-state index in [0.717, 1.165) is 6.26 Å². The Morgan fingerprint density at radius 2 is 2.00 bits per heavy atom. The van der Waals surface area contributed by atoms with Crippen LogP contribution >= 0.6 is 11.6 Å². The molecule has 1 amide bonds. The molecule has 1 unspecified atom stereocenters. The van der Waals surface area contributed by atoms with Crippen LogP contribution in [0.25, 0.3) is 0 Å². The number of nitrogens with two attached hydrogens (primary N) is 1. The molecule has 0 aliphatic carbocycles. The van der Waals surface area contributed by atoms with Gasteiger partial charge in [0.25, 0.3) is 0 Å². The monoisotopic (exact) mass is 333 g/mol. The van der Waals surface area contributed by atoms with Crippen molar-refractivity contribution >= 4 is 38.9 Å². The number of rotatable bonds is 6. The van der Waals surface area contributed by atoms with Crippen molar-refractivity contribution in [2.24, 2.45) is 11.7 Å². The van der Waals surface area contributed by atoms with Gasteiger partial charge >= 0.3 is 0 Å². The molecule has 0 bridgehead atoms. The molecular weight excluding hydrogens is 314 g/mol. The van der Waals surface area contributed by atoms with E-state index in [4.69, 9.17) is 17.3 Å². The third kappa shape index (κ3) is 6.33. The van der Waals surface area contributed by atoms with Crippen LogP contribution in [0.15, 0.2) is 18.2 Å². The van der Waals surface area contributed by atoms with Gasteiger partial charge in [-0.15, -0.1) is 0 Å². The molecule has 1 aromatic rings. The molecule has 0 fully saturated rings. The highest BCUT2D eigenvalue weighted by molar-refractivity contribution is 7.92. The van der Waals surface area contributed by atoms with Crippen molar-refractivity contribution in [3.05, 3.63) is 23.2 Å². The largest absolute Gasteiger partial charge is 0.323 e. The first-order valence-corrected chi connectivity index (χ1v) is 8.69. The highest BCUT2D eigenvalue weighted by Crippen LogP contribution is 2.26. The molecule has 1 atom stereocenters. The van der Waals surface area contributed by atoms with E-state index in [-0.39, 0.29) is 5.91 Å². The van der Waals surface area contributed by atoms with Crippen molar-refractivity contribution in [3.63, 3.8) is 0 Å². The molecule has 0 spiro atoms. The molecule has 4 N–H and O–H groups in total. The van der Waals surface area contributed by atoms with Crippen LogP contribution in [0.5, 0.6) is 0 Å². The second-order valence-corrected chi connectivity index (χ2v) is 7.45. The predicted molar refractivity (Wildman–Crippen MR) is 86.0 cm³/mol. The van der Waals surface area contributed by atoms with Crippen LogP contribution in [0.1, 0.15) is 20.3 Å². The minimum atomic E-state index is -3.40. The van der Waals surface area contributed by atoms with Crippen LogP contribution in [0.4, 0.5) is 11.4 Å². The highest BCUT2D eigenvalue weighted by atomic mass is 35.5. The molecule has 21 heavy (non-hydrogen) atoms. The number of carbonyl (C=O) groups is 1. The second kappa shape index (κ2) is 7.11. The number of carbonyl (C=O) groups excluding carboxylic acids is 1. The number of benzene rings is 1. The fourth-order valence-electron chi connectivity index (χ4n) is 1.74. The summed E-state index contributed by atoms with van der Waals surface area (Å²) in [6, 6.07) is 3.81. The van der Waals surface area contributed by atoms with E-state index < -0.39 is 16.1 Å². The summed E-state index contributed by atoms with van der Waals surface area (Å²) in [4.78, 5) is 12.0. The van der Waals surface area contributed by atoms with Gasteiger partial charge in [-0.05, 0) is 30.5 Å². The smallest absolute Gasteiger partial charge is 0.241 e. The molecule has 0 aliphatic heterocycles. The van der Waals surface area contributed by atoms with Crippen molar-refractivity contribution in [2.45, 2.75) is 26.3 Å². The SMILES string of the molecule is CC(C)CC(N)C(=O)Nc1cc(NS(C)(=O)=O)ccc1Cl. The Balaban J connectivity index is 2.87. The second-order valence-electron chi connectivity index (χ2n) is 5.29. The van der Waals surface area contributed by atoms with Gasteiger partial charge < -0.3 is 11.1 Å². The fourth-order valence-corrected chi connectivity index (χ4v) is 2.46. The Hall–Kier alpha value is -1.31. The molecule has 118 valence electrons. The first-order chi connectivity index (χ1) is 9.58. The zero-order valence-electron chi connectivity index (χ0n) is 12.2. The average molecular weight is 334 g/mol. The first kappa shape index (κ1) is 17.7. The van der Waals surface area contributed by atoms with E-state index >= 15 is 0 Å². The summed E-state index contributed by atoms with van der Waals surface area (Å²) in [5.74, 6) is -0.0680. The molecule has 0 heterocycles. The Labute approximate surface area is 130 Å². The van der Waals surface area contributed by atoms with Gasteiger partial charge in [0, 0.05) is 0 Å². The van der Waals surface area contributed by atoms with E-state index in [9.17, 15) is 13.2 Å². The van der Waals surface area contributed by atoms with E-state index in [2.05, 4.69) is 10.0 Å². The molecule has 0 saturated heterocycles. The fraction of sp³-hybridized carbons (Fsp3) is 0.462. The Morgan fingerprint density at radius 3 is 2.52 bits per heavy atom. The highest BCUT2D eigenvalue weighted by Gasteiger charge is 2.16. The summed E-state index contributed by atoms with van der Waals surface area (Å²) in [5, 5.41) is 2.92. The Morgan fingerprint density at radius 1 is 1.38 bits per heavy atom. The Bertz CT molecular complexity index is 617. The minimum absolute atomic E-state index is 0.291. The standard InChI is InChI=1S/C13H20ClN3O3S/c1-8(2)6-11(15)13(18)16-12-7-9(4-5-10(12)14)17-21(3,19)20/h4-5,7-8,11,17H,6,15H2,1-3H3,(H,16,18). The molecule has 0 saturated carbocycles. The predicted octanol–water partition coefficient (Wildman–Crippen LogP) is 2.02. The molecule has 0 radical (unpaired) electrons.